The third-order valence-electron chi connectivity index (χ3n) is 2.30. The van der Waals surface area contributed by atoms with Gasteiger partial charge in [0, 0.05) is 18.9 Å². The summed E-state index contributed by atoms with van der Waals surface area (Å²) in [5.41, 5.74) is 1.21. The molecule has 3 nitrogen and oxygen atoms in total. The van der Waals surface area contributed by atoms with Gasteiger partial charge in [0.1, 0.15) is 0 Å². The lowest BCUT2D eigenvalue weighted by molar-refractivity contribution is -0.114. The predicted molar refractivity (Wildman–Crippen MR) is 64.6 cm³/mol. The second-order valence-corrected chi connectivity index (χ2v) is 3.75. The van der Waals surface area contributed by atoms with E-state index in [4.69, 9.17) is 0 Å². The van der Waals surface area contributed by atoms with E-state index < -0.39 is 0 Å². The van der Waals surface area contributed by atoms with Gasteiger partial charge in [-0.3, -0.25) is 9.59 Å². The van der Waals surface area contributed by atoms with E-state index in [1.54, 1.807) is 12.1 Å². The molecule has 1 rings (SSSR count). The first kappa shape index (κ1) is 12.4. The summed E-state index contributed by atoms with van der Waals surface area (Å²) < 4.78 is 0. The molecule has 0 aliphatic rings. The van der Waals surface area contributed by atoms with Crippen molar-refractivity contribution in [1.82, 2.24) is 0 Å². The normalized spacial score (nSPS) is 9.88. The first-order valence-electron chi connectivity index (χ1n) is 5.55. The van der Waals surface area contributed by atoms with Crippen molar-refractivity contribution in [1.29, 1.82) is 0 Å². The van der Waals surface area contributed by atoms with E-state index in [2.05, 4.69) is 5.32 Å². The molecule has 0 aliphatic heterocycles. The quantitative estimate of drug-likeness (QED) is 0.774. The number of Topliss-reactive ketones (excluding diaryl/α,β-unsaturated/α-hetero) is 1. The molecular formula is C13H17NO2. The number of nitrogens with one attached hydrogen (secondary N) is 1. The summed E-state index contributed by atoms with van der Waals surface area (Å²) >= 11 is 0. The average molecular weight is 219 g/mol. The van der Waals surface area contributed by atoms with Crippen molar-refractivity contribution in [2.24, 2.45) is 0 Å². The molecule has 16 heavy (non-hydrogen) atoms. The van der Waals surface area contributed by atoms with Crippen molar-refractivity contribution in [2.45, 2.75) is 33.1 Å². The van der Waals surface area contributed by atoms with Gasteiger partial charge in [0.05, 0.1) is 5.69 Å². The number of hydrogen-bond donors (Lipinski definition) is 1. The highest BCUT2D eigenvalue weighted by Gasteiger charge is 2.10. The number of rotatable bonds is 5. The lowest BCUT2D eigenvalue weighted by atomic mass is 10.0. The fourth-order valence-electron chi connectivity index (χ4n) is 1.50. The van der Waals surface area contributed by atoms with Gasteiger partial charge < -0.3 is 5.32 Å². The minimum atomic E-state index is -0.157. The number of carbonyl (C=O) groups is 2. The van der Waals surface area contributed by atoms with E-state index >= 15 is 0 Å². The molecule has 86 valence electrons. The van der Waals surface area contributed by atoms with Crippen LogP contribution in [0.3, 0.4) is 0 Å². The Labute approximate surface area is 95.9 Å². The molecule has 1 amide bonds. The van der Waals surface area contributed by atoms with E-state index in [1.807, 2.05) is 19.1 Å². The molecular weight excluding hydrogens is 202 g/mol. The first-order chi connectivity index (χ1) is 7.65. The standard InChI is InChI=1S/C13H17NO2/c1-3-4-9-13(16)11-7-5-6-8-12(11)14-10(2)15/h5-8H,3-4,9H2,1-2H3,(H,14,15). The van der Waals surface area contributed by atoms with Gasteiger partial charge in [-0.05, 0) is 18.6 Å². The molecule has 0 radical (unpaired) electrons. The highest BCUT2D eigenvalue weighted by molar-refractivity contribution is 6.04. The van der Waals surface area contributed by atoms with Gasteiger partial charge in [-0.2, -0.15) is 0 Å². The van der Waals surface area contributed by atoms with Crippen molar-refractivity contribution in [3.05, 3.63) is 29.8 Å². The zero-order valence-corrected chi connectivity index (χ0v) is 9.75. The zero-order chi connectivity index (χ0) is 12.0. The molecule has 0 bridgehead atoms. The Kier molecular flexibility index (Phi) is 4.70. The van der Waals surface area contributed by atoms with E-state index in [0.717, 1.165) is 12.8 Å². The van der Waals surface area contributed by atoms with Crippen LogP contribution in [0.4, 0.5) is 5.69 Å². The minimum Gasteiger partial charge on any atom is -0.326 e. The molecule has 0 spiro atoms. The van der Waals surface area contributed by atoms with Crippen LogP contribution in [-0.4, -0.2) is 11.7 Å². The smallest absolute Gasteiger partial charge is 0.221 e. The van der Waals surface area contributed by atoms with Crippen molar-refractivity contribution in [3.63, 3.8) is 0 Å². The number of unbranched alkanes of at least 4 members (excludes halogenated alkanes) is 1. The Bertz CT molecular complexity index is 385. The summed E-state index contributed by atoms with van der Waals surface area (Å²) in [4.78, 5) is 22.8. The molecule has 1 N–H and O–H groups in total. The summed E-state index contributed by atoms with van der Waals surface area (Å²) in [6.45, 7) is 3.49. The Morgan fingerprint density at radius 3 is 2.56 bits per heavy atom. The Balaban J connectivity index is 2.85. The molecule has 0 heterocycles. The van der Waals surface area contributed by atoms with Gasteiger partial charge in [0.15, 0.2) is 5.78 Å². The predicted octanol–water partition coefficient (Wildman–Crippen LogP) is 3.02. The number of benzene rings is 1. The Morgan fingerprint density at radius 1 is 1.25 bits per heavy atom. The van der Waals surface area contributed by atoms with Gasteiger partial charge in [-0.15, -0.1) is 0 Å². The second kappa shape index (κ2) is 6.05. The fraction of sp³-hybridized carbons (Fsp3) is 0.385. The van der Waals surface area contributed by atoms with Crippen LogP contribution in [0, 0.1) is 0 Å². The summed E-state index contributed by atoms with van der Waals surface area (Å²) in [7, 11) is 0. The van der Waals surface area contributed by atoms with Crippen LogP contribution in [0.5, 0.6) is 0 Å². The average Bonchev–Trinajstić information content (AvgIpc) is 2.26. The van der Waals surface area contributed by atoms with E-state index in [0.29, 0.717) is 17.7 Å². The molecule has 0 aromatic heterocycles. The fourth-order valence-corrected chi connectivity index (χ4v) is 1.50. The third-order valence-corrected chi connectivity index (χ3v) is 2.30. The minimum absolute atomic E-state index is 0.0891. The second-order valence-electron chi connectivity index (χ2n) is 3.75. The molecule has 3 heteroatoms. The molecule has 1 aromatic rings. The van der Waals surface area contributed by atoms with Gasteiger partial charge in [-0.1, -0.05) is 25.5 Å². The third kappa shape index (κ3) is 3.50. The highest BCUT2D eigenvalue weighted by atomic mass is 16.1. The van der Waals surface area contributed by atoms with Gasteiger partial charge >= 0.3 is 0 Å². The number of carbonyl (C=O) groups excluding carboxylic acids is 2. The summed E-state index contributed by atoms with van der Waals surface area (Å²) in [5, 5.41) is 2.67. The largest absolute Gasteiger partial charge is 0.326 e. The molecule has 0 saturated heterocycles. The van der Waals surface area contributed by atoms with Crippen molar-refractivity contribution < 1.29 is 9.59 Å². The molecule has 0 atom stereocenters. The van der Waals surface area contributed by atoms with Crippen LogP contribution in [0.2, 0.25) is 0 Å². The lowest BCUT2D eigenvalue weighted by Crippen LogP contribution is -2.10. The van der Waals surface area contributed by atoms with Crippen molar-refractivity contribution >= 4 is 17.4 Å². The van der Waals surface area contributed by atoms with Gasteiger partial charge in [-0.25, -0.2) is 0 Å². The van der Waals surface area contributed by atoms with E-state index in [-0.39, 0.29) is 11.7 Å². The van der Waals surface area contributed by atoms with Crippen molar-refractivity contribution in [2.75, 3.05) is 5.32 Å². The molecule has 0 aliphatic carbocycles. The van der Waals surface area contributed by atoms with Crippen LogP contribution in [-0.2, 0) is 4.79 Å². The lowest BCUT2D eigenvalue weighted by Gasteiger charge is -2.08. The first-order valence-corrected chi connectivity index (χ1v) is 5.55. The van der Waals surface area contributed by atoms with Crippen molar-refractivity contribution in [3.8, 4) is 0 Å². The maximum Gasteiger partial charge on any atom is 0.221 e. The van der Waals surface area contributed by atoms with Gasteiger partial charge in [0.2, 0.25) is 5.91 Å². The van der Waals surface area contributed by atoms with Crippen LogP contribution in [0.15, 0.2) is 24.3 Å². The summed E-state index contributed by atoms with van der Waals surface area (Å²) in [6.07, 6.45) is 2.41. The SMILES string of the molecule is CCCCC(=O)c1ccccc1NC(C)=O. The number of ketones is 1. The van der Waals surface area contributed by atoms with Crippen LogP contribution in [0.1, 0.15) is 43.5 Å². The summed E-state index contributed by atoms with van der Waals surface area (Å²) in [6, 6.07) is 7.12. The van der Waals surface area contributed by atoms with Crippen LogP contribution in [0.25, 0.3) is 0 Å². The molecule has 0 fully saturated rings. The topological polar surface area (TPSA) is 46.2 Å². The maximum absolute atomic E-state index is 11.9. The van der Waals surface area contributed by atoms with Crippen LogP contribution < -0.4 is 5.32 Å². The summed E-state index contributed by atoms with van der Waals surface area (Å²) in [5.74, 6) is -0.0676. The number of hydrogen-bond acceptors (Lipinski definition) is 2. The zero-order valence-electron chi connectivity index (χ0n) is 9.75. The Morgan fingerprint density at radius 2 is 1.94 bits per heavy atom. The monoisotopic (exact) mass is 219 g/mol. The van der Waals surface area contributed by atoms with Crippen LogP contribution >= 0.6 is 0 Å². The maximum atomic E-state index is 11.9. The molecule has 0 unspecified atom stereocenters. The van der Waals surface area contributed by atoms with E-state index in [9.17, 15) is 9.59 Å². The van der Waals surface area contributed by atoms with E-state index in [1.165, 1.54) is 6.92 Å². The molecule has 1 aromatic carbocycles. The Hall–Kier alpha value is -1.64. The highest BCUT2D eigenvalue weighted by Crippen LogP contribution is 2.17. The number of amides is 1. The molecule has 0 saturated carbocycles. The van der Waals surface area contributed by atoms with Gasteiger partial charge in [0.25, 0.3) is 0 Å². The number of para-hydroxylation sites is 1. The number of anilines is 1.